The molecular weight excluding hydrogens is 393 g/mol. The van der Waals surface area contributed by atoms with Gasteiger partial charge >= 0.3 is 0 Å². The number of rotatable bonds is 6. The third-order valence-electron chi connectivity index (χ3n) is 4.32. The van der Waals surface area contributed by atoms with Gasteiger partial charge in [0.1, 0.15) is 0 Å². The predicted octanol–water partition coefficient (Wildman–Crippen LogP) is 8.12. The van der Waals surface area contributed by atoms with Crippen molar-refractivity contribution < 1.29 is 23.3 Å². The summed E-state index contributed by atoms with van der Waals surface area (Å²) in [7, 11) is 0. The smallest absolute Gasteiger partial charge is 0.0761 e. The van der Waals surface area contributed by atoms with Gasteiger partial charge in [0.15, 0.2) is 0 Å². The van der Waals surface area contributed by atoms with E-state index in [4.69, 9.17) is 4.74 Å². The van der Waals surface area contributed by atoms with Gasteiger partial charge in [-0.3, -0.25) is 4.98 Å². The molecule has 0 saturated heterocycles. The van der Waals surface area contributed by atoms with Crippen LogP contribution in [0.3, 0.4) is 0 Å². The summed E-state index contributed by atoms with van der Waals surface area (Å²) in [6, 6.07) is 12.8. The van der Waals surface area contributed by atoms with Gasteiger partial charge in [-0.1, -0.05) is 78.5 Å². The molecule has 0 fully saturated rings. The number of ether oxygens (including phenoxy) is 1. The van der Waals surface area contributed by atoms with Crippen molar-refractivity contribution in [1.82, 2.24) is 4.98 Å². The van der Waals surface area contributed by atoms with Gasteiger partial charge in [0.2, 0.25) is 0 Å². The fourth-order valence-electron chi connectivity index (χ4n) is 3.10. The van der Waals surface area contributed by atoms with Gasteiger partial charge in [-0.2, -0.15) is 0 Å². The second kappa shape index (κ2) is 15.7. The fraction of sp³-hybridized carbons (Fsp3) is 0.462. The number of hydrogen-bond donors (Lipinski definition) is 0. The number of pyridine rings is 1. The molecule has 2 aromatic rings. The van der Waals surface area contributed by atoms with E-state index in [1.165, 1.54) is 5.56 Å². The van der Waals surface area contributed by atoms with E-state index in [1.54, 1.807) is 0 Å². The van der Waals surface area contributed by atoms with Crippen molar-refractivity contribution in [3.8, 4) is 11.3 Å². The molecule has 2 atom stereocenters. The van der Waals surface area contributed by atoms with Gasteiger partial charge in [-0.25, -0.2) is 0 Å². The minimum Gasteiger partial charge on any atom is -0.406 e. The van der Waals surface area contributed by atoms with Gasteiger partial charge < -0.3 is 26.5 Å². The van der Waals surface area contributed by atoms with E-state index < -0.39 is 0 Å². The Morgan fingerprint density at radius 1 is 0.931 bits per heavy atom. The first-order valence-corrected chi connectivity index (χ1v) is 9.77. The van der Waals surface area contributed by atoms with Crippen LogP contribution in [0.4, 0.5) is 0 Å². The largest absolute Gasteiger partial charge is 0.406 e. The topological polar surface area (TPSA) is 22.1 Å². The van der Waals surface area contributed by atoms with E-state index in [2.05, 4.69) is 76.0 Å². The Kier molecular flexibility index (Phi) is 17.7. The summed E-state index contributed by atoms with van der Waals surface area (Å²) in [5, 5.41) is 0. The fourth-order valence-corrected chi connectivity index (χ4v) is 3.10. The summed E-state index contributed by atoms with van der Waals surface area (Å²) in [6.07, 6.45) is 3.26. The van der Waals surface area contributed by atoms with Gasteiger partial charge in [0, 0.05) is 30.3 Å². The molecule has 0 saturated carbocycles. The van der Waals surface area contributed by atoms with E-state index >= 15 is 0 Å². The van der Waals surface area contributed by atoms with Crippen LogP contribution >= 0.6 is 0 Å². The zero-order chi connectivity index (χ0) is 19.7. The van der Waals surface area contributed by atoms with Crippen LogP contribution in [0.5, 0.6) is 0 Å². The summed E-state index contributed by atoms with van der Waals surface area (Å²) < 4.78 is 5.53. The third kappa shape index (κ3) is 11.0. The van der Waals surface area contributed by atoms with E-state index in [0.717, 1.165) is 23.2 Å². The minimum absolute atomic E-state index is 0. The molecule has 0 spiro atoms. The Morgan fingerprint density at radius 2 is 1.45 bits per heavy atom. The second-order valence-corrected chi connectivity index (χ2v) is 7.78. The molecule has 0 N–H and O–H groups in total. The first-order chi connectivity index (χ1) is 12.3. The van der Waals surface area contributed by atoms with Gasteiger partial charge in [0.25, 0.3) is 0 Å². The number of hydrogen-bond acceptors (Lipinski definition) is 2. The van der Waals surface area contributed by atoms with E-state index in [-0.39, 0.29) is 39.5 Å². The summed E-state index contributed by atoms with van der Waals surface area (Å²) >= 11 is 0. The molecule has 1 aromatic carbocycles. The van der Waals surface area contributed by atoms with Crippen LogP contribution in [0.2, 0.25) is 0 Å². The maximum atomic E-state index is 5.53. The van der Waals surface area contributed by atoms with Crippen molar-refractivity contribution in [2.24, 2.45) is 5.41 Å². The first-order valence-electron chi connectivity index (χ1n) is 9.77. The normalized spacial score (nSPS) is 12.1. The Morgan fingerprint density at radius 3 is 1.86 bits per heavy atom. The van der Waals surface area contributed by atoms with E-state index in [1.807, 2.05) is 27.0 Å². The molecule has 1 heterocycles. The minimum atomic E-state index is 0. The zero-order valence-electron chi connectivity index (χ0n) is 20.1. The first kappa shape index (κ1) is 32.6. The molecule has 3 heteroatoms. The van der Waals surface area contributed by atoms with Crippen LogP contribution in [0.1, 0.15) is 78.0 Å². The monoisotopic (exact) mass is 435 g/mol. The Labute approximate surface area is 193 Å². The quantitative estimate of drug-likeness (QED) is 0.427. The molecule has 165 valence electrons. The average Bonchev–Trinajstić information content (AvgIpc) is 2.62. The molecule has 0 bridgehead atoms. The van der Waals surface area contributed by atoms with Crippen molar-refractivity contribution in [2.75, 3.05) is 6.61 Å². The summed E-state index contributed by atoms with van der Waals surface area (Å²) in [4.78, 5) is 4.67. The van der Waals surface area contributed by atoms with Crippen LogP contribution in [-0.4, -0.2) is 11.6 Å². The molecule has 0 aliphatic heterocycles. The SMILES string of the molecule is CC.[CH2-]COC(C)c1ccc(-c2ccc(C(C)CC(C)(C)C)cn2)cc1.[CH3-].[CH3-].[V]. The summed E-state index contributed by atoms with van der Waals surface area (Å²) in [6.45, 7) is 19.4. The molecule has 0 amide bonds. The van der Waals surface area contributed by atoms with Crippen molar-refractivity contribution >= 4 is 0 Å². The molecule has 1 radical (unpaired) electrons. The third-order valence-corrected chi connectivity index (χ3v) is 4.32. The van der Waals surface area contributed by atoms with Gasteiger partial charge in [-0.15, -0.1) is 0 Å². The van der Waals surface area contributed by atoms with Crippen LogP contribution in [0, 0.1) is 27.2 Å². The Bertz CT molecular complexity index is 629. The summed E-state index contributed by atoms with van der Waals surface area (Å²) in [5.74, 6) is 0.523. The maximum Gasteiger partial charge on any atom is 0.0761 e. The molecule has 29 heavy (non-hydrogen) atoms. The molecule has 2 nitrogen and oxygen atoms in total. The van der Waals surface area contributed by atoms with Crippen molar-refractivity contribution in [3.05, 3.63) is 75.5 Å². The molecule has 0 aliphatic rings. The molecule has 2 unspecified atom stereocenters. The number of aromatic nitrogens is 1. The predicted molar refractivity (Wildman–Crippen MR) is 126 cm³/mol. The standard InChI is InChI=1S/C22H30NO.C2H6.2CH3.V/c1-7-24-17(3)18-8-10-19(11-9-18)21-13-12-20(15-23-21)16(2)14-22(4,5)6;1-2;;;/h8-13,15-17H,1,7,14H2,2-6H3;1-2H3;2*1H3;/q-1;;2*-1;. The second-order valence-electron chi connectivity index (χ2n) is 7.78. The van der Waals surface area contributed by atoms with Crippen LogP contribution < -0.4 is 0 Å². The maximum absolute atomic E-state index is 5.53. The molecule has 2 rings (SSSR count). The van der Waals surface area contributed by atoms with Crippen LogP contribution in [0.25, 0.3) is 11.3 Å². The summed E-state index contributed by atoms with van der Waals surface area (Å²) in [5.41, 5.74) is 4.95. The van der Waals surface area contributed by atoms with Crippen molar-refractivity contribution in [3.63, 3.8) is 0 Å². The number of benzene rings is 1. The van der Waals surface area contributed by atoms with Crippen molar-refractivity contribution in [1.29, 1.82) is 0 Å². The number of nitrogens with zero attached hydrogens (tertiary/aromatic N) is 1. The molecule has 1 aromatic heterocycles. The van der Waals surface area contributed by atoms with E-state index in [0.29, 0.717) is 17.9 Å². The van der Waals surface area contributed by atoms with Gasteiger partial charge in [-0.05, 0) is 41.9 Å². The van der Waals surface area contributed by atoms with Crippen molar-refractivity contribution in [2.45, 2.75) is 66.9 Å². The average molecular weight is 436 g/mol. The van der Waals surface area contributed by atoms with Crippen LogP contribution in [-0.2, 0) is 23.3 Å². The molecular formula is C26H42NOV-3. The van der Waals surface area contributed by atoms with E-state index in [9.17, 15) is 0 Å². The van der Waals surface area contributed by atoms with Crippen LogP contribution in [0.15, 0.2) is 42.6 Å². The zero-order valence-corrected chi connectivity index (χ0v) is 21.5. The van der Waals surface area contributed by atoms with Gasteiger partial charge in [0.05, 0.1) is 11.8 Å². The molecule has 0 aliphatic carbocycles. The Hall–Kier alpha value is -1.09. The Balaban J connectivity index is -0.00000131.